The summed E-state index contributed by atoms with van der Waals surface area (Å²) in [5.41, 5.74) is 11.6. The summed E-state index contributed by atoms with van der Waals surface area (Å²) in [6, 6.07) is 9.35. The smallest absolute Gasteiger partial charge is 0.322 e. The zero-order valence-electron chi connectivity index (χ0n) is 24.6. The summed E-state index contributed by atoms with van der Waals surface area (Å²) in [5.74, 6) is -2.00. The van der Waals surface area contributed by atoms with E-state index in [0.717, 1.165) is 44.6 Å². The molecule has 1 amide bonds. The maximum Gasteiger partial charge on any atom is 0.322 e. The van der Waals surface area contributed by atoms with E-state index in [1.54, 1.807) is 30.1 Å². The minimum Gasteiger partial charge on any atom is -0.421 e. The molecule has 9 nitrogen and oxygen atoms in total. The highest BCUT2D eigenvalue weighted by Gasteiger charge is 2.26. The summed E-state index contributed by atoms with van der Waals surface area (Å²) in [6.45, 7) is 7.44. The first-order valence-corrected chi connectivity index (χ1v) is 14.6. The Kier molecular flexibility index (Phi) is 7.81. The van der Waals surface area contributed by atoms with E-state index in [-0.39, 0.29) is 29.0 Å². The molecule has 45 heavy (non-hydrogen) atoms. The van der Waals surface area contributed by atoms with E-state index in [1.807, 2.05) is 38.4 Å². The molecule has 0 bridgehead atoms. The average Bonchev–Trinajstić information content (AvgIpc) is 3.62. The van der Waals surface area contributed by atoms with Crippen LogP contribution in [0.25, 0.3) is 42.8 Å². The number of aryl methyl sites for hydroxylation is 3. The zero-order valence-corrected chi connectivity index (χ0v) is 25.4. The Balaban J connectivity index is 1.55. The van der Waals surface area contributed by atoms with Crippen molar-refractivity contribution in [2.45, 2.75) is 20.4 Å². The molecule has 0 aliphatic carbocycles. The molecular formula is C33H27F2N7O2S. The van der Waals surface area contributed by atoms with Gasteiger partial charge in [0.1, 0.15) is 11.6 Å². The number of hydrogen-bond donors (Lipinski definition) is 2. The van der Waals surface area contributed by atoms with Crippen LogP contribution in [0.2, 0.25) is 0 Å². The molecule has 0 unspecified atom stereocenters. The van der Waals surface area contributed by atoms with Crippen LogP contribution in [0.5, 0.6) is 11.8 Å². The van der Waals surface area contributed by atoms with E-state index in [2.05, 4.69) is 31.9 Å². The lowest BCUT2D eigenvalue weighted by Crippen LogP contribution is -2.19. The molecule has 3 N–H and O–H groups in total. The van der Waals surface area contributed by atoms with Gasteiger partial charge in [-0.25, -0.2) is 23.7 Å². The fraction of sp³-hybridized carbons (Fsp3) is 0.121. The molecule has 6 aromatic rings. The van der Waals surface area contributed by atoms with Gasteiger partial charge in [-0.15, -0.1) is 11.3 Å². The summed E-state index contributed by atoms with van der Waals surface area (Å²) in [4.78, 5) is 24.9. The van der Waals surface area contributed by atoms with Gasteiger partial charge in [-0.2, -0.15) is 5.10 Å². The Hall–Kier alpha value is -5.49. The van der Waals surface area contributed by atoms with Gasteiger partial charge in [0.15, 0.2) is 11.6 Å². The number of hydrogen-bond acceptors (Lipinski definition) is 8. The number of benzene rings is 2. The molecule has 0 aliphatic heterocycles. The average molecular weight is 624 g/mol. The highest BCUT2D eigenvalue weighted by molar-refractivity contribution is 7.23. The number of nitrogens with zero attached hydrogens (tertiary/aromatic N) is 5. The number of ether oxygens (including phenoxy) is 1. The van der Waals surface area contributed by atoms with Gasteiger partial charge in [0, 0.05) is 81.2 Å². The second-order valence-electron chi connectivity index (χ2n) is 10.4. The summed E-state index contributed by atoms with van der Waals surface area (Å²) >= 11 is 1.40. The SMILES string of the molecule is C=CC(=O)NCc1ccc(-c2sc3c(-c4cnn(C)c4)cnc(N)c3c2-c2cc(F)c(Oc3nccc(C)n3)cc2F)c(C)c1. The van der Waals surface area contributed by atoms with Crippen molar-refractivity contribution < 1.29 is 18.3 Å². The number of nitrogens with one attached hydrogen (secondary N) is 1. The molecule has 4 heterocycles. The third-order valence-corrected chi connectivity index (χ3v) is 8.47. The number of nitrogens with two attached hydrogens (primary N) is 1. The van der Waals surface area contributed by atoms with Gasteiger partial charge < -0.3 is 15.8 Å². The normalized spacial score (nSPS) is 11.1. The first-order valence-electron chi connectivity index (χ1n) is 13.8. The van der Waals surface area contributed by atoms with Crippen molar-refractivity contribution in [1.82, 2.24) is 30.0 Å². The van der Waals surface area contributed by atoms with Crippen LogP contribution in [0.4, 0.5) is 14.6 Å². The molecule has 226 valence electrons. The molecule has 0 radical (unpaired) electrons. The Morgan fingerprint density at radius 1 is 1.09 bits per heavy atom. The Bertz CT molecular complexity index is 2120. The van der Waals surface area contributed by atoms with Crippen molar-refractivity contribution in [1.29, 1.82) is 0 Å². The number of rotatable bonds is 8. The van der Waals surface area contributed by atoms with Crippen molar-refractivity contribution in [2.75, 3.05) is 5.73 Å². The van der Waals surface area contributed by atoms with E-state index < -0.39 is 11.6 Å². The number of pyridine rings is 1. The van der Waals surface area contributed by atoms with Gasteiger partial charge in [-0.05, 0) is 48.7 Å². The maximum absolute atomic E-state index is 16.1. The number of halogens is 2. The van der Waals surface area contributed by atoms with E-state index >= 15 is 8.78 Å². The number of amides is 1. The van der Waals surface area contributed by atoms with Crippen LogP contribution in [0, 0.1) is 25.5 Å². The number of anilines is 1. The van der Waals surface area contributed by atoms with E-state index in [4.69, 9.17) is 10.5 Å². The number of fused-ring (bicyclic) bond motifs is 1. The summed E-state index contributed by atoms with van der Waals surface area (Å²) in [6.07, 6.45) is 7.90. The molecule has 0 saturated heterocycles. The van der Waals surface area contributed by atoms with Crippen molar-refractivity contribution in [3.05, 3.63) is 102 Å². The minimum absolute atomic E-state index is 0.00943. The van der Waals surface area contributed by atoms with Crippen molar-refractivity contribution >= 4 is 33.1 Å². The summed E-state index contributed by atoms with van der Waals surface area (Å²) in [5, 5.41) is 7.56. The fourth-order valence-electron chi connectivity index (χ4n) is 5.06. The van der Waals surface area contributed by atoms with E-state index in [0.29, 0.717) is 28.1 Å². The maximum atomic E-state index is 16.1. The predicted octanol–water partition coefficient (Wildman–Crippen LogP) is 6.89. The third kappa shape index (κ3) is 5.75. The van der Waals surface area contributed by atoms with E-state index in [1.165, 1.54) is 23.6 Å². The molecule has 4 aromatic heterocycles. The molecule has 6 rings (SSSR count). The third-order valence-electron chi connectivity index (χ3n) is 7.21. The molecular weight excluding hydrogens is 596 g/mol. The van der Waals surface area contributed by atoms with Crippen LogP contribution >= 0.6 is 11.3 Å². The molecule has 0 atom stereocenters. The number of carbonyl (C=O) groups is 1. The largest absolute Gasteiger partial charge is 0.421 e. The van der Waals surface area contributed by atoms with Gasteiger partial charge in [0.2, 0.25) is 5.91 Å². The van der Waals surface area contributed by atoms with Crippen molar-refractivity contribution in [2.24, 2.45) is 7.05 Å². The van der Waals surface area contributed by atoms with Crippen LogP contribution in [-0.2, 0) is 18.4 Å². The Labute approximate surface area is 261 Å². The number of thiophene rings is 1. The van der Waals surface area contributed by atoms with Gasteiger partial charge in [0.05, 0.1) is 6.20 Å². The van der Waals surface area contributed by atoms with Crippen LogP contribution in [0.15, 0.2) is 73.8 Å². The molecule has 12 heteroatoms. The van der Waals surface area contributed by atoms with Gasteiger partial charge in [-0.3, -0.25) is 9.48 Å². The van der Waals surface area contributed by atoms with Crippen LogP contribution in [0.3, 0.4) is 0 Å². The topological polar surface area (TPSA) is 121 Å². The fourth-order valence-corrected chi connectivity index (χ4v) is 6.51. The van der Waals surface area contributed by atoms with Gasteiger partial charge in [0.25, 0.3) is 0 Å². The predicted molar refractivity (Wildman–Crippen MR) is 171 cm³/mol. The monoisotopic (exact) mass is 623 g/mol. The minimum atomic E-state index is -0.804. The standard InChI is InChI=1S/C33H27F2N7O2S/c1-5-27(43)38-13-19-6-7-21(17(2)10-19)30-28(29-31(45-30)23(15-39-32(29)36)20-14-40-42(4)16-20)22-11-25(35)26(12-24(22)34)44-33-37-9-8-18(3)41-33/h5-12,14-16H,1,13H2,2-4H3,(H2,36,39)(H,38,43). The van der Waals surface area contributed by atoms with Crippen LogP contribution in [-0.4, -0.2) is 30.6 Å². The first-order chi connectivity index (χ1) is 21.6. The van der Waals surface area contributed by atoms with Crippen LogP contribution < -0.4 is 15.8 Å². The van der Waals surface area contributed by atoms with Crippen molar-refractivity contribution in [3.63, 3.8) is 0 Å². The Morgan fingerprint density at radius 3 is 2.62 bits per heavy atom. The Morgan fingerprint density at radius 2 is 1.91 bits per heavy atom. The quantitative estimate of drug-likeness (QED) is 0.177. The second-order valence-corrected chi connectivity index (χ2v) is 11.4. The lowest BCUT2D eigenvalue weighted by atomic mass is 9.94. The van der Waals surface area contributed by atoms with Gasteiger partial charge >= 0.3 is 6.01 Å². The van der Waals surface area contributed by atoms with Crippen LogP contribution in [0.1, 0.15) is 16.8 Å². The number of nitrogen functional groups attached to an aromatic ring is 1. The summed E-state index contributed by atoms with van der Waals surface area (Å²) < 4.78 is 39.7. The van der Waals surface area contributed by atoms with Crippen molar-refractivity contribution in [3.8, 4) is 44.5 Å². The zero-order chi connectivity index (χ0) is 31.8. The highest BCUT2D eigenvalue weighted by Crippen LogP contribution is 2.51. The number of aromatic nitrogens is 5. The first kappa shape index (κ1) is 29.6. The van der Waals surface area contributed by atoms with E-state index in [9.17, 15) is 4.79 Å². The second kappa shape index (κ2) is 11.9. The lowest BCUT2D eigenvalue weighted by molar-refractivity contribution is -0.116. The highest BCUT2D eigenvalue weighted by atomic mass is 32.1. The molecule has 0 aliphatic rings. The molecule has 0 fully saturated rings. The van der Waals surface area contributed by atoms with Gasteiger partial charge in [-0.1, -0.05) is 24.8 Å². The molecule has 0 spiro atoms. The molecule has 2 aromatic carbocycles. The number of carbonyl (C=O) groups excluding carboxylic acids is 1. The lowest BCUT2D eigenvalue weighted by Gasteiger charge is -2.13. The summed E-state index contributed by atoms with van der Waals surface area (Å²) in [7, 11) is 1.81. The molecule has 0 saturated carbocycles.